The second kappa shape index (κ2) is 10.3. The number of hydrogen-bond donors (Lipinski definition) is 6. The van der Waals surface area contributed by atoms with Gasteiger partial charge in [0.15, 0.2) is 11.9 Å². The van der Waals surface area contributed by atoms with Crippen LogP contribution in [0.3, 0.4) is 0 Å². The number of carbonyl (C=O) groups excluding carboxylic acids is 2. The van der Waals surface area contributed by atoms with E-state index in [4.69, 9.17) is 21.1 Å². The van der Waals surface area contributed by atoms with Crippen molar-refractivity contribution in [2.45, 2.75) is 44.0 Å². The Morgan fingerprint density at radius 2 is 1.87 bits per heavy atom. The molecule has 12 heteroatoms. The van der Waals surface area contributed by atoms with Crippen molar-refractivity contribution in [3.63, 3.8) is 0 Å². The van der Waals surface area contributed by atoms with Gasteiger partial charge in [0.1, 0.15) is 6.04 Å². The Hall–Kier alpha value is -3.51. The van der Waals surface area contributed by atoms with Gasteiger partial charge in [-0.25, -0.2) is 9.59 Å². The lowest BCUT2D eigenvalue weighted by molar-refractivity contribution is -0.141. The maximum Gasteiger partial charge on any atom is 0.328 e. The molecule has 0 saturated heterocycles. The molecule has 0 radical (unpaired) electrons. The Morgan fingerprint density at radius 3 is 2.43 bits per heavy atom. The highest BCUT2D eigenvalue weighted by Crippen LogP contribution is 2.19. The maximum atomic E-state index is 12.1. The zero-order valence-corrected chi connectivity index (χ0v) is 16.2. The summed E-state index contributed by atoms with van der Waals surface area (Å²) >= 11 is 0. The molecule has 3 amide bonds. The van der Waals surface area contributed by atoms with Crippen molar-refractivity contribution >= 4 is 17.9 Å². The first-order chi connectivity index (χ1) is 14.2. The number of aliphatic hydroxyl groups is 1. The number of nitrogens with one attached hydrogen (secondary N) is 2. The third kappa shape index (κ3) is 6.53. The largest absolute Gasteiger partial charge is 0.480 e. The minimum absolute atomic E-state index is 0.119. The standard InChI is InChI=1S/C18H24N6O6/c1-9(25)14(17(27)28)22-18(29)21-12(8-13(20)26)16-23-15(24-30-16)11(19)7-10-5-3-2-4-6-10/h2-6,9,11-12,14,25H,7-8,19H2,1H3,(H2,20,26)(H,27,28)(H2,21,22,29)/t9-,11+,12+,14+/m1/s1. The molecule has 0 aliphatic heterocycles. The van der Waals surface area contributed by atoms with Crippen LogP contribution in [0.5, 0.6) is 0 Å². The highest BCUT2D eigenvalue weighted by atomic mass is 16.5. The van der Waals surface area contributed by atoms with E-state index in [9.17, 15) is 19.5 Å². The summed E-state index contributed by atoms with van der Waals surface area (Å²) in [5, 5.41) is 26.7. The van der Waals surface area contributed by atoms with Gasteiger partial charge in [-0.2, -0.15) is 4.98 Å². The van der Waals surface area contributed by atoms with Crippen molar-refractivity contribution in [1.29, 1.82) is 0 Å². The summed E-state index contributed by atoms with van der Waals surface area (Å²) in [5.41, 5.74) is 12.3. The molecule has 0 aliphatic carbocycles. The minimum Gasteiger partial charge on any atom is -0.480 e. The lowest BCUT2D eigenvalue weighted by Gasteiger charge is -2.19. The SMILES string of the molecule is C[C@@H](O)[C@H](NC(=O)N[C@@H](CC(N)=O)c1nc([C@@H](N)Cc2ccccc2)no1)C(=O)O. The number of nitrogens with two attached hydrogens (primary N) is 2. The molecule has 12 nitrogen and oxygen atoms in total. The van der Waals surface area contributed by atoms with E-state index in [1.807, 2.05) is 30.3 Å². The van der Waals surface area contributed by atoms with Crippen molar-refractivity contribution < 1.29 is 29.1 Å². The molecule has 0 saturated carbocycles. The molecule has 1 aromatic heterocycles. The fraction of sp³-hybridized carbons (Fsp3) is 0.389. The number of urea groups is 1. The topological polar surface area (TPSA) is 207 Å². The van der Waals surface area contributed by atoms with Gasteiger partial charge in [0.25, 0.3) is 0 Å². The van der Waals surface area contributed by atoms with Crippen LogP contribution in [0.15, 0.2) is 34.9 Å². The fourth-order valence-corrected chi connectivity index (χ4v) is 2.63. The predicted octanol–water partition coefficient (Wildman–Crippen LogP) is -0.638. The van der Waals surface area contributed by atoms with E-state index < -0.39 is 42.1 Å². The van der Waals surface area contributed by atoms with E-state index in [0.29, 0.717) is 6.42 Å². The Bertz CT molecular complexity index is 871. The summed E-state index contributed by atoms with van der Waals surface area (Å²) < 4.78 is 5.13. The molecule has 0 unspecified atom stereocenters. The van der Waals surface area contributed by atoms with Gasteiger partial charge in [0, 0.05) is 0 Å². The highest BCUT2D eigenvalue weighted by molar-refractivity contribution is 5.83. The molecule has 0 spiro atoms. The van der Waals surface area contributed by atoms with Gasteiger partial charge in [-0.3, -0.25) is 4.79 Å². The molecule has 162 valence electrons. The van der Waals surface area contributed by atoms with Gasteiger partial charge in [0.05, 0.1) is 18.6 Å². The lowest BCUT2D eigenvalue weighted by atomic mass is 10.1. The fourth-order valence-electron chi connectivity index (χ4n) is 2.63. The van der Waals surface area contributed by atoms with E-state index in [2.05, 4.69) is 20.8 Å². The number of primary amides is 1. The number of rotatable bonds is 10. The van der Waals surface area contributed by atoms with Crippen molar-refractivity contribution in [1.82, 2.24) is 20.8 Å². The van der Waals surface area contributed by atoms with Crippen LogP contribution in [0.2, 0.25) is 0 Å². The van der Waals surface area contributed by atoms with E-state index in [-0.39, 0.29) is 18.1 Å². The van der Waals surface area contributed by atoms with Crippen LogP contribution < -0.4 is 22.1 Å². The first-order valence-electron chi connectivity index (χ1n) is 9.06. The number of amides is 3. The number of aliphatic carboxylic acids is 1. The molecule has 0 fully saturated rings. The van der Waals surface area contributed by atoms with Crippen molar-refractivity contribution in [2.75, 3.05) is 0 Å². The number of benzene rings is 1. The summed E-state index contributed by atoms with van der Waals surface area (Å²) in [4.78, 5) is 38.8. The summed E-state index contributed by atoms with van der Waals surface area (Å²) in [7, 11) is 0. The van der Waals surface area contributed by atoms with Gasteiger partial charge in [0.2, 0.25) is 11.8 Å². The van der Waals surface area contributed by atoms with E-state index in [1.165, 1.54) is 6.92 Å². The Morgan fingerprint density at radius 1 is 1.20 bits per heavy atom. The molecule has 0 bridgehead atoms. The van der Waals surface area contributed by atoms with Crippen molar-refractivity contribution in [3.8, 4) is 0 Å². The summed E-state index contributed by atoms with van der Waals surface area (Å²) in [6.45, 7) is 1.21. The third-order valence-corrected chi connectivity index (χ3v) is 4.13. The van der Waals surface area contributed by atoms with Gasteiger partial charge in [-0.1, -0.05) is 35.5 Å². The molecule has 2 aromatic rings. The molecule has 2 rings (SSSR count). The minimum atomic E-state index is -1.56. The van der Waals surface area contributed by atoms with Crippen LogP contribution in [0.1, 0.15) is 42.7 Å². The third-order valence-electron chi connectivity index (χ3n) is 4.13. The van der Waals surface area contributed by atoms with Crippen LogP contribution in [0.25, 0.3) is 0 Å². The van der Waals surface area contributed by atoms with E-state index >= 15 is 0 Å². The number of aromatic nitrogens is 2. The zero-order chi connectivity index (χ0) is 22.3. The molecule has 1 aromatic carbocycles. The first kappa shape index (κ1) is 22.8. The maximum absolute atomic E-state index is 12.1. The van der Waals surface area contributed by atoms with Crippen LogP contribution >= 0.6 is 0 Å². The van der Waals surface area contributed by atoms with E-state index in [1.54, 1.807) is 0 Å². The van der Waals surface area contributed by atoms with Crippen LogP contribution in [-0.2, 0) is 16.0 Å². The van der Waals surface area contributed by atoms with Crippen LogP contribution in [-0.4, -0.2) is 50.4 Å². The second-order valence-corrected chi connectivity index (χ2v) is 6.68. The molecule has 0 aliphatic rings. The Balaban J connectivity index is 2.10. The van der Waals surface area contributed by atoms with Gasteiger partial charge in [-0.15, -0.1) is 0 Å². The second-order valence-electron chi connectivity index (χ2n) is 6.68. The van der Waals surface area contributed by atoms with Gasteiger partial charge >= 0.3 is 12.0 Å². The Labute approximate surface area is 171 Å². The zero-order valence-electron chi connectivity index (χ0n) is 16.2. The molecule has 8 N–H and O–H groups in total. The summed E-state index contributed by atoms with van der Waals surface area (Å²) in [6, 6.07) is 5.15. The number of hydrogen-bond acceptors (Lipinski definition) is 8. The number of nitrogens with zero attached hydrogens (tertiary/aromatic N) is 2. The van der Waals surface area contributed by atoms with Crippen LogP contribution in [0.4, 0.5) is 4.79 Å². The summed E-state index contributed by atoms with van der Waals surface area (Å²) in [6.07, 6.45) is -1.30. The van der Waals surface area contributed by atoms with E-state index in [0.717, 1.165) is 5.56 Å². The highest BCUT2D eigenvalue weighted by Gasteiger charge is 2.29. The predicted molar refractivity (Wildman–Crippen MR) is 103 cm³/mol. The monoisotopic (exact) mass is 420 g/mol. The average Bonchev–Trinajstić information content (AvgIpc) is 3.16. The quantitative estimate of drug-likeness (QED) is 0.288. The smallest absolute Gasteiger partial charge is 0.328 e. The normalized spacial score (nSPS) is 14.9. The number of carbonyl (C=O) groups is 3. The molecular formula is C18H24N6O6. The molecule has 1 heterocycles. The van der Waals surface area contributed by atoms with Crippen LogP contribution in [0, 0.1) is 0 Å². The van der Waals surface area contributed by atoms with Crippen molar-refractivity contribution in [2.24, 2.45) is 11.5 Å². The lowest BCUT2D eigenvalue weighted by Crippen LogP contribution is -2.52. The Kier molecular flexibility index (Phi) is 7.83. The number of carboxylic acid groups (broad SMARTS) is 1. The molecule has 30 heavy (non-hydrogen) atoms. The first-order valence-corrected chi connectivity index (χ1v) is 9.06. The average molecular weight is 420 g/mol. The summed E-state index contributed by atoms with van der Waals surface area (Å²) in [5.74, 6) is -2.15. The van der Waals surface area contributed by atoms with Gasteiger partial charge < -0.3 is 36.8 Å². The van der Waals surface area contributed by atoms with Crippen molar-refractivity contribution in [3.05, 3.63) is 47.6 Å². The number of aliphatic hydroxyl groups excluding tert-OH is 1. The molecular weight excluding hydrogens is 396 g/mol. The van der Waals surface area contributed by atoms with Gasteiger partial charge in [-0.05, 0) is 18.9 Å². The number of carboxylic acids is 1. The molecule has 4 atom stereocenters.